The highest BCUT2D eigenvalue weighted by molar-refractivity contribution is 5.84. The van der Waals surface area contributed by atoms with Crippen molar-refractivity contribution in [1.29, 1.82) is 0 Å². The van der Waals surface area contributed by atoms with Crippen LogP contribution in [0.5, 0.6) is 0 Å². The van der Waals surface area contributed by atoms with Gasteiger partial charge in [0.2, 0.25) is 0 Å². The normalized spacial score (nSPS) is 50.8. The van der Waals surface area contributed by atoms with Crippen LogP contribution in [0.4, 0.5) is 0 Å². The minimum absolute atomic E-state index is 0.0327. The van der Waals surface area contributed by atoms with Gasteiger partial charge in [0.05, 0.1) is 36.6 Å². The lowest BCUT2D eigenvalue weighted by molar-refractivity contribution is -0.267. The zero-order valence-corrected chi connectivity index (χ0v) is 16.7. The Bertz CT molecular complexity index is 659. The third kappa shape index (κ3) is 2.26. The summed E-state index contributed by atoms with van der Waals surface area (Å²) in [5, 5.41) is 22.7. The Hall–Kier alpha value is -1.14. The molecule has 0 amide bonds. The number of hydrogen-bond acceptors (Lipinski definition) is 6. The van der Waals surface area contributed by atoms with Crippen LogP contribution in [0.2, 0.25) is 0 Å². The Morgan fingerprint density at radius 1 is 1.19 bits per heavy atom. The molecule has 0 aromatic rings. The van der Waals surface area contributed by atoms with E-state index in [9.17, 15) is 19.8 Å². The number of ether oxygens (including phenoxy) is 2. The van der Waals surface area contributed by atoms with E-state index < -0.39 is 41.4 Å². The molecule has 3 aliphatic carbocycles. The third-order valence-electron chi connectivity index (χ3n) is 8.72. The molecular weight excluding hydrogens is 348 g/mol. The van der Waals surface area contributed by atoms with Gasteiger partial charge in [-0.05, 0) is 48.3 Å². The second-order valence-corrected chi connectivity index (χ2v) is 10.2. The van der Waals surface area contributed by atoms with Crippen LogP contribution in [-0.4, -0.2) is 48.1 Å². The Kier molecular flexibility index (Phi) is 4.21. The van der Waals surface area contributed by atoms with Crippen LogP contribution in [0.3, 0.4) is 0 Å². The zero-order valence-electron chi connectivity index (χ0n) is 16.7. The fourth-order valence-electron chi connectivity index (χ4n) is 7.93. The van der Waals surface area contributed by atoms with Crippen LogP contribution < -0.4 is 0 Å². The van der Waals surface area contributed by atoms with Gasteiger partial charge in [-0.2, -0.15) is 0 Å². The number of carbonyl (C=O) groups is 2. The van der Waals surface area contributed by atoms with Crippen LogP contribution in [0.25, 0.3) is 0 Å². The van der Waals surface area contributed by atoms with Crippen LogP contribution in [0.1, 0.15) is 52.9 Å². The summed E-state index contributed by atoms with van der Waals surface area (Å²) in [5.41, 5.74) is -1.20. The third-order valence-corrected chi connectivity index (χ3v) is 8.72. The Balaban J connectivity index is 1.85. The average molecular weight is 380 g/mol. The van der Waals surface area contributed by atoms with Gasteiger partial charge in [-0.1, -0.05) is 27.2 Å². The molecule has 0 unspecified atom stereocenters. The van der Waals surface area contributed by atoms with Crippen molar-refractivity contribution in [3.8, 4) is 0 Å². The van der Waals surface area contributed by atoms with E-state index in [1.807, 2.05) is 0 Å². The van der Waals surface area contributed by atoms with E-state index in [-0.39, 0.29) is 29.3 Å². The lowest BCUT2D eigenvalue weighted by Gasteiger charge is -2.67. The van der Waals surface area contributed by atoms with Gasteiger partial charge in [-0.25, -0.2) is 0 Å². The largest absolute Gasteiger partial charge is 0.469 e. The predicted molar refractivity (Wildman–Crippen MR) is 96.4 cm³/mol. The molecule has 6 nitrogen and oxygen atoms in total. The first kappa shape index (κ1) is 19.2. The maximum atomic E-state index is 12.7. The molecule has 4 rings (SSSR count). The SMILES string of the molecule is COC(=O)[C@H]1CC[C@H]2[C@]3(C)CCCC(C)(C)[C@H]3[C@H](O)[C@H](O)[C@@]23COC(=O)[C@@H]13. The smallest absolute Gasteiger partial charge is 0.310 e. The molecule has 2 N–H and O–H groups in total. The lowest BCUT2D eigenvalue weighted by atomic mass is 9.37. The Morgan fingerprint density at radius 3 is 2.56 bits per heavy atom. The van der Waals surface area contributed by atoms with Crippen molar-refractivity contribution in [2.24, 2.45) is 39.9 Å². The van der Waals surface area contributed by atoms with Crippen molar-refractivity contribution in [1.82, 2.24) is 0 Å². The van der Waals surface area contributed by atoms with Gasteiger partial charge >= 0.3 is 11.9 Å². The molecule has 4 fully saturated rings. The van der Waals surface area contributed by atoms with E-state index >= 15 is 0 Å². The van der Waals surface area contributed by atoms with E-state index in [1.165, 1.54) is 7.11 Å². The molecule has 1 aliphatic heterocycles. The summed E-state index contributed by atoms with van der Waals surface area (Å²) in [4.78, 5) is 25.1. The number of cyclic esters (lactones) is 1. The fourth-order valence-corrected chi connectivity index (χ4v) is 7.93. The Labute approximate surface area is 160 Å². The van der Waals surface area contributed by atoms with Gasteiger partial charge in [0.25, 0.3) is 0 Å². The molecule has 4 aliphatic rings. The average Bonchev–Trinajstić information content (AvgIpc) is 2.96. The van der Waals surface area contributed by atoms with Crippen molar-refractivity contribution in [3.63, 3.8) is 0 Å². The molecule has 8 atom stereocenters. The van der Waals surface area contributed by atoms with Gasteiger partial charge in [-0.15, -0.1) is 0 Å². The minimum Gasteiger partial charge on any atom is -0.469 e. The summed E-state index contributed by atoms with van der Waals surface area (Å²) in [5.74, 6) is -2.22. The number of fused-ring (bicyclic) bond motifs is 2. The molecule has 0 bridgehead atoms. The molecule has 0 aromatic carbocycles. The number of aliphatic hydroxyl groups excluding tert-OH is 2. The molecule has 1 heterocycles. The standard InChI is InChI=1S/C21H32O6/c1-19(2)8-5-9-20(3)12-7-6-11(17(24)26-4)13-18(25)27-10-21(12,13)16(23)14(22)15(19)20/h11-16,22-23H,5-10H2,1-4H3/t11-,12-,13+,14-,15+,16-,20-,21-/m0/s1. The molecule has 6 heteroatoms. The highest BCUT2D eigenvalue weighted by atomic mass is 16.5. The second-order valence-electron chi connectivity index (χ2n) is 10.2. The summed E-state index contributed by atoms with van der Waals surface area (Å²) in [6.07, 6.45) is 2.32. The summed E-state index contributed by atoms with van der Waals surface area (Å²) >= 11 is 0. The second kappa shape index (κ2) is 5.93. The number of aliphatic hydroxyl groups is 2. The maximum absolute atomic E-state index is 12.7. The fraction of sp³-hybridized carbons (Fsp3) is 0.905. The number of rotatable bonds is 1. The van der Waals surface area contributed by atoms with E-state index in [4.69, 9.17) is 9.47 Å². The number of carbonyl (C=O) groups excluding carboxylic acids is 2. The van der Waals surface area contributed by atoms with E-state index in [1.54, 1.807) is 0 Å². The lowest BCUT2D eigenvalue weighted by Crippen LogP contribution is -2.71. The number of hydrogen-bond donors (Lipinski definition) is 2. The molecule has 0 aromatic heterocycles. The van der Waals surface area contributed by atoms with Crippen LogP contribution >= 0.6 is 0 Å². The van der Waals surface area contributed by atoms with Gasteiger partial charge in [0, 0.05) is 0 Å². The highest BCUT2D eigenvalue weighted by Crippen LogP contribution is 2.70. The molecule has 0 radical (unpaired) electrons. The topological polar surface area (TPSA) is 93.1 Å². The van der Waals surface area contributed by atoms with Crippen molar-refractivity contribution >= 4 is 11.9 Å². The molecule has 152 valence electrons. The van der Waals surface area contributed by atoms with E-state index in [2.05, 4.69) is 20.8 Å². The summed E-state index contributed by atoms with van der Waals surface area (Å²) < 4.78 is 10.4. The Morgan fingerprint density at radius 2 is 1.89 bits per heavy atom. The van der Waals surface area contributed by atoms with Gasteiger partial charge in [0.15, 0.2) is 0 Å². The molecule has 3 saturated carbocycles. The molecule has 27 heavy (non-hydrogen) atoms. The van der Waals surface area contributed by atoms with Gasteiger partial charge in [0.1, 0.15) is 6.61 Å². The van der Waals surface area contributed by atoms with E-state index in [0.29, 0.717) is 6.42 Å². The first-order valence-corrected chi connectivity index (χ1v) is 10.2. The molecular formula is C21H32O6. The van der Waals surface area contributed by atoms with Crippen LogP contribution in [0.15, 0.2) is 0 Å². The highest BCUT2D eigenvalue weighted by Gasteiger charge is 2.74. The minimum atomic E-state index is -1.08. The van der Waals surface area contributed by atoms with Gasteiger partial charge < -0.3 is 19.7 Å². The van der Waals surface area contributed by atoms with Crippen molar-refractivity contribution in [3.05, 3.63) is 0 Å². The summed E-state index contributed by atoms with van der Waals surface area (Å²) in [7, 11) is 1.33. The maximum Gasteiger partial charge on any atom is 0.310 e. The number of methoxy groups -OCH3 is 1. The van der Waals surface area contributed by atoms with Crippen LogP contribution in [-0.2, 0) is 19.1 Å². The zero-order chi connectivity index (χ0) is 19.8. The van der Waals surface area contributed by atoms with Crippen molar-refractivity contribution < 1.29 is 29.3 Å². The van der Waals surface area contributed by atoms with Crippen molar-refractivity contribution in [2.75, 3.05) is 13.7 Å². The number of esters is 2. The van der Waals surface area contributed by atoms with Gasteiger partial charge in [-0.3, -0.25) is 9.59 Å². The van der Waals surface area contributed by atoms with E-state index in [0.717, 1.165) is 25.7 Å². The first-order valence-electron chi connectivity index (χ1n) is 10.2. The summed E-state index contributed by atoms with van der Waals surface area (Å²) in [6.45, 7) is 6.65. The first-order chi connectivity index (χ1) is 12.6. The molecule has 1 saturated heterocycles. The van der Waals surface area contributed by atoms with Crippen LogP contribution in [0, 0.1) is 39.9 Å². The monoisotopic (exact) mass is 380 g/mol. The van der Waals surface area contributed by atoms with Crippen molar-refractivity contribution in [2.45, 2.75) is 65.1 Å². The summed E-state index contributed by atoms with van der Waals surface area (Å²) in [6, 6.07) is 0. The molecule has 1 spiro atoms. The quantitative estimate of drug-likeness (QED) is 0.675. The predicted octanol–water partition coefficient (Wildman–Crippen LogP) is 1.91.